The van der Waals surface area contributed by atoms with Crippen molar-refractivity contribution in [2.75, 3.05) is 0 Å². The van der Waals surface area contributed by atoms with Crippen molar-refractivity contribution < 1.29 is 32.5 Å². The van der Waals surface area contributed by atoms with Crippen LogP contribution in [0, 0.1) is 5.82 Å². The van der Waals surface area contributed by atoms with Crippen LogP contribution in [0.1, 0.15) is 11.8 Å². The minimum atomic E-state index is -3.16. The molecule has 1 N–H and O–H groups in total. The van der Waals surface area contributed by atoms with Crippen LogP contribution in [0.5, 0.6) is 11.6 Å². The normalized spacial score (nSPS) is 12.3. The summed E-state index contributed by atoms with van der Waals surface area (Å²) < 4.78 is 47.8. The van der Waals surface area contributed by atoms with E-state index in [-0.39, 0.29) is 11.4 Å². The summed E-state index contributed by atoms with van der Waals surface area (Å²) in [7, 11) is 1.25. The SMILES string of the molecule is Cn1nc(C(Oc2ccc(F)cc2)C(=O)O)c(Cl)c1OC(F)F. The number of carboxylic acid groups (broad SMARTS) is 1. The van der Waals surface area contributed by atoms with Gasteiger partial charge in [0.2, 0.25) is 12.0 Å². The summed E-state index contributed by atoms with van der Waals surface area (Å²) in [6, 6.07) is 4.55. The van der Waals surface area contributed by atoms with E-state index in [1.54, 1.807) is 0 Å². The average Bonchev–Trinajstić information content (AvgIpc) is 2.74. The second-order valence-corrected chi connectivity index (χ2v) is 4.67. The summed E-state index contributed by atoms with van der Waals surface area (Å²) >= 11 is 5.86. The molecule has 0 amide bonds. The maximum Gasteiger partial charge on any atom is 0.388 e. The first-order chi connectivity index (χ1) is 10.8. The van der Waals surface area contributed by atoms with Crippen LogP contribution in [0.3, 0.4) is 0 Å². The molecule has 0 aliphatic carbocycles. The lowest BCUT2D eigenvalue weighted by Crippen LogP contribution is -2.19. The average molecular weight is 351 g/mol. The molecule has 2 rings (SSSR count). The van der Waals surface area contributed by atoms with Crippen molar-refractivity contribution in [3.05, 3.63) is 40.8 Å². The smallest absolute Gasteiger partial charge is 0.388 e. The lowest BCUT2D eigenvalue weighted by Gasteiger charge is -2.13. The molecule has 0 bridgehead atoms. The molecule has 1 atom stereocenters. The summed E-state index contributed by atoms with van der Waals surface area (Å²) in [6.07, 6.45) is -1.69. The second-order valence-electron chi connectivity index (χ2n) is 4.30. The lowest BCUT2D eigenvalue weighted by atomic mass is 10.2. The minimum Gasteiger partial charge on any atom is -0.478 e. The number of benzene rings is 1. The van der Waals surface area contributed by atoms with Crippen molar-refractivity contribution in [2.45, 2.75) is 12.7 Å². The largest absolute Gasteiger partial charge is 0.478 e. The lowest BCUT2D eigenvalue weighted by molar-refractivity contribution is -0.145. The Balaban J connectivity index is 2.34. The molecule has 6 nitrogen and oxygen atoms in total. The Kier molecular flexibility index (Phi) is 4.99. The molecule has 0 saturated heterocycles. The van der Waals surface area contributed by atoms with E-state index in [0.717, 1.165) is 16.8 Å². The molecule has 0 radical (unpaired) electrons. The molecule has 0 fully saturated rings. The van der Waals surface area contributed by atoms with Crippen LogP contribution in [0.4, 0.5) is 13.2 Å². The first-order valence-corrected chi connectivity index (χ1v) is 6.49. The molecule has 1 aromatic carbocycles. The van der Waals surface area contributed by atoms with Gasteiger partial charge in [0.05, 0.1) is 0 Å². The number of hydrogen-bond donors (Lipinski definition) is 1. The fourth-order valence-electron chi connectivity index (χ4n) is 1.75. The molecule has 1 aromatic heterocycles. The van der Waals surface area contributed by atoms with E-state index >= 15 is 0 Å². The second kappa shape index (κ2) is 6.78. The van der Waals surface area contributed by atoms with Crippen LogP contribution < -0.4 is 9.47 Å². The van der Waals surface area contributed by atoms with Crippen LogP contribution in [0.15, 0.2) is 24.3 Å². The molecule has 23 heavy (non-hydrogen) atoms. The van der Waals surface area contributed by atoms with Gasteiger partial charge >= 0.3 is 12.6 Å². The van der Waals surface area contributed by atoms with Crippen LogP contribution in [-0.4, -0.2) is 27.5 Å². The minimum absolute atomic E-state index is 0.0387. The fourth-order valence-corrected chi connectivity index (χ4v) is 2.06. The molecule has 0 aliphatic rings. The number of alkyl halides is 2. The Morgan fingerprint density at radius 2 is 1.91 bits per heavy atom. The standard InChI is InChI=1S/C13H10ClF3N2O4/c1-19-11(23-13(16)17)8(14)9(18-19)10(12(20)21)22-7-4-2-6(15)3-5-7/h2-5,10,13H,1H3,(H,20,21). The van der Waals surface area contributed by atoms with E-state index in [1.165, 1.54) is 19.2 Å². The van der Waals surface area contributed by atoms with Gasteiger partial charge in [0, 0.05) is 7.05 Å². The van der Waals surface area contributed by atoms with Crippen LogP contribution >= 0.6 is 11.6 Å². The number of carbonyl (C=O) groups is 1. The Morgan fingerprint density at radius 1 is 1.30 bits per heavy atom. The first kappa shape index (κ1) is 16.9. The number of halogens is 4. The summed E-state index contributed by atoms with van der Waals surface area (Å²) in [4.78, 5) is 11.4. The van der Waals surface area contributed by atoms with Crippen LogP contribution in [0.25, 0.3) is 0 Å². The summed E-state index contributed by atoms with van der Waals surface area (Å²) in [5.41, 5.74) is -0.318. The van der Waals surface area contributed by atoms with E-state index in [1.807, 2.05) is 0 Å². The number of hydrogen-bond acceptors (Lipinski definition) is 4. The summed E-state index contributed by atoms with van der Waals surface area (Å²) in [6.45, 7) is -3.16. The maximum atomic E-state index is 12.9. The highest BCUT2D eigenvalue weighted by Crippen LogP contribution is 2.34. The zero-order chi connectivity index (χ0) is 17.1. The predicted octanol–water partition coefficient (Wildman–Crippen LogP) is 3.02. The van der Waals surface area contributed by atoms with Crippen molar-refractivity contribution in [2.24, 2.45) is 7.05 Å². The Hall–Kier alpha value is -2.42. The highest BCUT2D eigenvalue weighted by Gasteiger charge is 2.31. The Bertz CT molecular complexity index is 706. The molecule has 0 spiro atoms. The maximum absolute atomic E-state index is 12.9. The first-order valence-electron chi connectivity index (χ1n) is 6.11. The number of rotatable bonds is 6. The number of ether oxygens (including phenoxy) is 2. The van der Waals surface area contributed by atoms with E-state index in [0.29, 0.717) is 0 Å². The van der Waals surface area contributed by atoms with Crippen molar-refractivity contribution in [1.82, 2.24) is 9.78 Å². The third-order valence-electron chi connectivity index (χ3n) is 2.71. The van der Waals surface area contributed by atoms with Gasteiger partial charge in [-0.2, -0.15) is 13.9 Å². The van der Waals surface area contributed by atoms with Crippen molar-refractivity contribution in [3.8, 4) is 11.6 Å². The van der Waals surface area contributed by atoms with Gasteiger partial charge in [0.25, 0.3) is 0 Å². The van der Waals surface area contributed by atoms with Gasteiger partial charge in [-0.15, -0.1) is 0 Å². The van der Waals surface area contributed by atoms with Crippen molar-refractivity contribution in [3.63, 3.8) is 0 Å². The zero-order valence-electron chi connectivity index (χ0n) is 11.5. The third-order valence-corrected chi connectivity index (χ3v) is 3.06. The highest BCUT2D eigenvalue weighted by molar-refractivity contribution is 6.32. The monoisotopic (exact) mass is 350 g/mol. The topological polar surface area (TPSA) is 73.6 Å². The summed E-state index contributed by atoms with van der Waals surface area (Å²) in [5.74, 6) is -2.45. The van der Waals surface area contributed by atoms with E-state index in [9.17, 15) is 23.1 Å². The van der Waals surface area contributed by atoms with Crippen molar-refractivity contribution in [1.29, 1.82) is 0 Å². The molecule has 0 aliphatic heterocycles. The van der Waals surface area contributed by atoms with E-state index in [4.69, 9.17) is 16.3 Å². The Morgan fingerprint density at radius 3 is 2.43 bits per heavy atom. The molecule has 2 aromatic rings. The zero-order valence-corrected chi connectivity index (χ0v) is 12.3. The molecular formula is C13H10ClF3N2O4. The van der Waals surface area contributed by atoms with Crippen LogP contribution in [0.2, 0.25) is 5.02 Å². The van der Waals surface area contributed by atoms with Gasteiger partial charge in [0.15, 0.2) is 0 Å². The van der Waals surface area contributed by atoms with Crippen LogP contribution in [-0.2, 0) is 11.8 Å². The van der Waals surface area contributed by atoms with Gasteiger partial charge in [-0.25, -0.2) is 13.9 Å². The molecule has 1 heterocycles. The number of aryl methyl sites for hydroxylation is 1. The molecule has 124 valence electrons. The molecule has 0 saturated carbocycles. The fraction of sp³-hybridized carbons (Fsp3) is 0.231. The third kappa shape index (κ3) is 3.86. The number of aliphatic carboxylic acids is 1. The predicted molar refractivity (Wildman–Crippen MR) is 72.3 cm³/mol. The van der Waals surface area contributed by atoms with Gasteiger partial charge in [-0.1, -0.05) is 11.6 Å². The van der Waals surface area contributed by atoms with Gasteiger partial charge in [0.1, 0.15) is 22.3 Å². The highest BCUT2D eigenvalue weighted by atomic mass is 35.5. The molecule has 1 unspecified atom stereocenters. The van der Waals surface area contributed by atoms with Gasteiger partial charge < -0.3 is 14.6 Å². The number of nitrogens with zero attached hydrogens (tertiary/aromatic N) is 2. The molecular weight excluding hydrogens is 341 g/mol. The Labute approximate surface area is 133 Å². The quantitative estimate of drug-likeness (QED) is 0.867. The van der Waals surface area contributed by atoms with E-state index < -0.39 is 35.4 Å². The van der Waals surface area contributed by atoms with Crippen molar-refractivity contribution >= 4 is 17.6 Å². The van der Waals surface area contributed by atoms with Gasteiger partial charge in [-0.05, 0) is 24.3 Å². The molecule has 10 heteroatoms. The van der Waals surface area contributed by atoms with E-state index in [2.05, 4.69) is 9.84 Å². The number of carboxylic acids is 1. The summed E-state index contributed by atoms with van der Waals surface area (Å²) in [5, 5.41) is 12.6. The number of aromatic nitrogens is 2. The van der Waals surface area contributed by atoms with Gasteiger partial charge in [-0.3, -0.25) is 0 Å².